The van der Waals surface area contributed by atoms with Crippen molar-refractivity contribution in [1.82, 2.24) is 10.3 Å². The topological polar surface area (TPSA) is 34.1 Å². The second-order valence-corrected chi connectivity index (χ2v) is 6.35. The Labute approximate surface area is 114 Å². The highest BCUT2D eigenvalue weighted by molar-refractivity contribution is 7.09. The van der Waals surface area contributed by atoms with Crippen LogP contribution in [0.25, 0.3) is 6.08 Å². The first kappa shape index (κ1) is 15.3. The Morgan fingerprint density at radius 3 is 2.78 bits per heavy atom. The number of nitrogens with one attached hydrogen (secondary N) is 1. The molecule has 1 rings (SSSR count). The van der Waals surface area contributed by atoms with Crippen molar-refractivity contribution in [1.29, 1.82) is 0 Å². The van der Waals surface area contributed by atoms with Gasteiger partial charge < -0.3 is 10.1 Å². The van der Waals surface area contributed by atoms with Crippen molar-refractivity contribution >= 4 is 17.4 Å². The largest absolute Gasteiger partial charge is 0.383 e. The third-order valence-electron chi connectivity index (χ3n) is 2.44. The van der Waals surface area contributed by atoms with Crippen molar-refractivity contribution in [3.63, 3.8) is 0 Å². The maximum atomic E-state index is 4.99. The fourth-order valence-corrected chi connectivity index (χ4v) is 2.32. The lowest BCUT2D eigenvalue weighted by atomic mass is 9.98. The summed E-state index contributed by atoms with van der Waals surface area (Å²) in [6, 6.07) is 0. The molecule has 0 aliphatic heterocycles. The molecule has 0 amide bonds. The van der Waals surface area contributed by atoms with Crippen LogP contribution < -0.4 is 5.32 Å². The van der Waals surface area contributed by atoms with Crippen molar-refractivity contribution < 1.29 is 4.74 Å². The van der Waals surface area contributed by atoms with E-state index in [1.165, 1.54) is 10.6 Å². The zero-order chi connectivity index (χ0) is 13.6. The number of hydrogen-bond donors (Lipinski definition) is 1. The number of ether oxygens (including phenoxy) is 1. The van der Waals surface area contributed by atoms with E-state index in [-0.39, 0.29) is 5.41 Å². The summed E-state index contributed by atoms with van der Waals surface area (Å²) in [5, 5.41) is 6.64. The van der Waals surface area contributed by atoms with E-state index >= 15 is 0 Å². The minimum absolute atomic E-state index is 0.140. The molecule has 0 fully saturated rings. The summed E-state index contributed by atoms with van der Waals surface area (Å²) in [6.45, 7) is 11.2. The Morgan fingerprint density at radius 2 is 2.22 bits per heavy atom. The lowest BCUT2D eigenvalue weighted by Gasteiger charge is -2.13. The zero-order valence-electron chi connectivity index (χ0n) is 12.0. The third kappa shape index (κ3) is 5.29. The molecule has 0 aromatic carbocycles. The van der Waals surface area contributed by atoms with Crippen molar-refractivity contribution in [3.05, 3.63) is 21.7 Å². The van der Waals surface area contributed by atoms with Gasteiger partial charge in [0.25, 0.3) is 0 Å². The number of rotatable bonds is 6. The quantitative estimate of drug-likeness (QED) is 0.805. The molecule has 0 unspecified atom stereocenters. The Morgan fingerprint density at radius 1 is 1.50 bits per heavy atom. The summed E-state index contributed by atoms with van der Waals surface area (Å²) < 4.78 is 4.99. The highest BCUT2D eigenvalue weighted by atomic mass is 32.1. The first-order chi connectivity index (χ1) is 8.43. The molecule has 0 saturated carbocycles. The van der Waals surface area contributed by atoms with Crippen LogP contribution >= 0.6 is 11.3 Å². The number of aromatic nitrogens is 1. The van der Waals surface area contributed by atoms with Gasteiger partial charge in [0.05, 0.1) is 17.3 Å². The monoisotopic (exact) mass is 268 g/mol. The molecule has 0 atom stereocenters. The standard InChI is InChI=1S/C14H24N2OS/c1-11(9-15-6-7-17-5)8-12-10-18-13(16-12)14(2,3)4/h8,10,15H,6-7,9H2,1-5H3. The van der Waals surface area contributed by atoms with E-state index in [1.54, 1.807) is 18.4 Å². The molecule has 1 heterocycles. The number of nitrogens with zero attached hydrogens (tertiary/aromatic N) is 1. The van der Waals surface area contributed by atoms with Gasteiger partial charge in [-0.3, -0.25) is 0 Å². The minimum Gasteiger partial charge on any atom is -0.383 e. The zero-order valence-corrected chi connectivity index (χ0v) is 12.9. The molecular weight excluding hydrogens is 244 g/mol. The Bertz CT molecular complexity index is 391. The van der Waals surface area contributed by atoms with Gasteiger partial charge in [0.15, 0.2) is 0 Å². The van der Waals surface area contributed by atoms with Gasteiger partial charge in [0, 0.05) is 31.0 Å². The molecule has 0 saturated heterocycles. The SMILES string of the molecule is COCCNCC(C)=Cc1csc(C(C)(C)C)n1. The molecule has 0 aliphatic rings. The molecule has 0 aliphatic carbocycles. The van der Waals surface area contributed by atoms with E-state index in [0.29, 0.717) is 0 Å². The Kier molecular flexibility index (Phi) is 5.99. The minimum atomic E-state index is 0.140. The van der Waals surface area contributed by atoms with E-state index in [9.17, 15) is 0 Å². The van der Waals surface area contributed by atoms with Gasteiger partial charge in [-0.1, -0.05) is 26.3 Å². The van der Waals surface area contributed by atoms with Crippen LogP contribution in [-0.2, 0) is 10.2 Å². The van der Waals surface area contributed by atoms with Crippen molar-refractivity contribution in [2.24, 2.45) is 0 Å². The van der Waals surface area contributed by atoms with Crippen LogP contribution in [0.1, 0.15) is 38.4 Å². The number of hydrogen-bond acceptors (Lipinski definition) is 4. The summed E-state index contributed by atoms with van der Waals surface area (Å²) in [7, 11) is 1.72. The average Bonchev–Trinajstić information content (AvgIpc) is 2.72. The van der Waals surface area contributed by atoms with Gasteiger partial charge in [0.1, 0.15) is 0 Å². The van der Waals surface area contributed by atoms with Crippen molar-refractivity contribution in [2.45, 2.75) is 33.1 Å². The maximum Gasteiger partial charge on any atom is 0.0985 e. The highest BCUT2D eigenvalue weighted by Gasteiger charge is 2.17. The normalized spacial score (nSPS) is 13.1. The van der Waals surface area contributed by atoms with Crippen LogP contribution in [0.2, 0.25) is 0 Å². The fourth-order valence-electron chi connectivity index (χ4n) is 1.46. The van der Waals surface area contributed by atoms with E-state index in [0.717, 1.165) is 25.4 Å². The van der Waals surface area contributed by atoms with E-state index in [2.05, 4.69) is 49.5 Å². The predicted molar refractivity (Wildman–Crippen MR) is 79.2 cm³/mol. The number of methoxy groups -OCH3 is 1. The van der Waals surface area contributed by atoms with Gasteiger partial charge >= 0.3 is 0 Å². The molecule has 1 aromatic heterocycles. The van der Waals surface area contributed by atoms with E-state index in [1.807, 2.05) is 0 Å². The third-order valence-corrected chi connectivity index (χ3v) is 3.73. The molecule has 0 bridgehead atoms. The molecule has 1 aromatic rings. The van der Waals surface area contributed by atoms with Gasteiger partial charge in [-0.2, -0.15) is 0 Å². The van der Waals surface area contributed by atoms with Gasteiger partial charge in [0.2, 0.25) is 0 Å². The molecule has 3 nitrogen and oxygen atoms in total. The van der Waals surface area contributed by atoms with Crippen molar-refractivity contribution in [2.75, 3.05) is 26.8 Å². The molecule has 0 radical (unpaired) electrons. The lowest BCUT2D eigenvalue weighted by molar-refractivity contribution is 0.200. The highest BCUT2D eigenvalue weighted by Crippen LogP contribution is 2.26. The van der Waals surface area contributed by atoms with Crippen LogP contribution in [0.5, 0.6) is 0 Å². The van der Waals surface area contributed by atoms with Gasteiger partial charge in [-0.05, 0) is 13.0 Å². The molecule has 18 heavy (non-hydrogen) atoms. The summed E-state index contributed by atoms with van der Waals surface area (Å²) >= 11 is 1.73. The maximum absolute atomic E-state index is 4.99. The first-order valence-corrected chi connectivity index (χ1v) is 7.14. The second kappa shape index (κ2) is 7.02. The molecular formula is C14H24N2OS. The van der Waals surface area contributed by atoms with Crippen LogP contribution in [0, 0.1) is 0 Å². The lowest BCUT2D eigenvalue weighted by Crippen LogP contribution is -2.20. The second-order valence-electron chi connectivity index (χ2n) is 5.49. The summed E-state index contributed by atoms with van der Waals surface area (Å²) in [5.74, 6) is 0. The molecule has 0 spiro atoms. The Balaban J connectivity index is 2.52. The first-order valence-electron chi connectivity index (χ1n) is 6.26. The van der Waals surface area contributed by atoms with Crippen LogP contribution in [-0.4, -0.2) is 31.8 Å². The molecule has 1 N–H and O–H groups in total. The van der Waals surface area contributed by atoms with Gasteiger partial charge in [-0.25, -0.2) is 4.98 Å². The van der Waals surface area contributed by atoms with E-state index < -0.39 is 0 Å². The van der Waals surface area contributed by atoms with Crippen LogP contribution in [0.3, 0.4) is 0 Å². The van der Waals surface area contributed by atoms with Crippen molar-refractivity contribution in [3.8, 4) is 0 Å². The average molecular weight is 268 g/mol. The van der Waals surface area contributed by atoms with E-state index in [4.69, 9.17) is 4.74 Å². The predicted octanol–water partition coefficient (Wildman–Crippen LogP) is 3.08. The summed E-state index contributed by atoms with van der Waals surface area (Å²) in [5.41, 5.74) is 2.49. The van der Waals surface area contributed by atoms with Gasteiger partial charge in [-0.15, -0.1) is 11.3 Å². The summed E-state index contributed by atoms with van der Waals surface area (Å²) in [6.07, 6.45) is 2.14. The summed E-state index contributed by atoms with van der Waals surface area (Å²) in [4.78, 5) is 4.66. The number of thiazole rings is 1. The molecule has 102 valence electrons. The van der Waals surface area contributed by atoms with Crippen LogP contribution in [0.4, 0.5) is 0 Å². The van der Waals surface area contributed by atoms with Crippen LogP contribution in [0.15, 0.2) is 11.0 Å². The molecule has 4 heteroatoms. The Hall–Kier alpha value is -0.710. The smallest absolute Gasteiger partial charge is 0.0985 e. The fraction of sp³-hybridized carbons (Fsp3) is 0.643.